The van der Waals surface area contributed by atoms with E-state index in [-0.39, 0.29) is 6.10 Å². The minimum absolute atomic E-state index is 0.154. The molecule has 0 spiro atoms. The highest BCUT2D eigenvalue weighted by molar-refractivity contribution is 5.09. The Morgan fingerprint density at radius 3 is 2.33 bits per heavy atom. The number of aliphatic hydroxyl groups excluding tert-OH is 1. The van der Waals surface area contributed by atoms with Crippen LogP contribution in [-0.4, -0.2) is 21.9 Å². The van der Waals surface area contributed by atoms with Gasteiger partial charge in [-0.15, -0.1) is 0 Å². The van der Waals surface area contributed by atoms with Gasteiger partial charge >= 0.3 is 0 Å². The van der Waals surface area contributed by atoms with Crippen molar-refractivity contribution in [1.82, 2.24) is 0 Å². The van der Waals surface area contributed by atoms with Gasteiger partial charge in [0.2, 0.25) is 0 Å². The molecule has 4 aliphatic rings. The summed E-state index contributed by atoms with van der Waals surface area (Å²) in [7, 11) is 0. The van der Waals surface area contributed by atoms with E-state index in [4.69, 9.17) is 0 Å². The lowest BCUT2D eigenvalue weighted by Crippen LogP contribution is -2.56. The third-order valence-electron chi connectivity index (χ3n) is 10.6. The third-order valence-corrected chi connectivity index (χ3v) is 10.6. The van der Waals surface area contributed by atoms with Crippen molar-refractivity contribution >= 4 is 0 Å². The molecule has 0 aliphatic heterocycles. The van der Waals surface area contributed by atoms with Gasteiger partial charge in [0.15, 0.2) is 0 Å². The van der Waals surface area contributed by atoms with Gasteiger partial charge in [-0.25, -0.2) is 0 Å². The topological polar surface area (TPSA) is 40.5 Å². The Labute approximate surface area is 167 Å². The molecule has 0 saturated heterocycles. The van der Waals surface area contributed by atoms with E-state index in [0.717, 1.165) is 37.0 Å². The molecule has 0 bridgehead atoms. The molecular weight excluding hydrogens is 332 g/mol. The molecule has 2 heteroatoms. The Hall–Kier alpha value is -0.0800. The monoisotopic (exact) mass is 376 g/mol. The van der Waals surface area contributed by atoms with Gasteiger partial charge in [-0.05, 0) is 112 Å². The van der Waals surface area contributed by atoms with Gasteiger partial charge in [0.25, 0.3) is 0 Å². The molecule has 4 saturated carbocycles. The quantitative estimate of drug-likeness (QED) is 0.625. The van der Waals surface area contributed by atoms with Crippen LogP contribution in [0, 0.1) is 40.4 Å². The second kappa shape index (κ2) is 7.01. The van der Waals surface area contributed by atoms with Crippen molar-refractivity contribution in [3.05, 3.63) is 0 Å². The number of fused-ring (bicyclic) bond motifs is 5. The van der Waals surface area contributed by atoms with E-state index in [2.05, 4.69) is 20.8 Å². The maximum Gasteiger partial charge on any atom is 0.0648 e. The molecule has 9 atom stereocenters. The number of hydrogen-bond donors (Lipinski definition) is 2. The van der Waals surface area contributed by atoms with Crippen molar-refractivity contribution in [1.29, 1.82) is 0 Å². The van der Waals surface area contributed by atoms with E-state index in [1.54, 1.807) is 0 Å². The van der Waals surface area contributed by atoms with Crippen LogP contribution in [0.15, 0.2) is 0 Å². The normalized spacial score (nSPS) is 54.2. The van der Waals surface area contributed by atoms with Gasteiger partial charge in [-0.1, -0.05) is 33.6 Å². The van der Waals surface area contributed by atoms with Gasteiger partial charge in [-0.3, -0.25) is 0 Å². The van der Waals surface area contributed by atoms with Crippen LogP contribution in [0.1, 0.15) is 105 Å². The van der Waals surface area contributed by atoms with Crippen LogP contribution in [0.2, 0.25) is 0 Å². The summed E-state index contributed by atoms with van der Waals surface area (Å²) in [5.41, 5.74) is 0.383. The molecule has 0 heterocycles. The van der Waals surface area contributed by atoms with Crippen molar-refractivity contribution in [2.45, 2.75) is 116 Å². The highest BCUT2D eigenvalue weighted by atomic mass is 16.3. The van der Waals surface area contributed by atoms with Crippen LogP contribution < -0.4 is 0 Å². The van der Waals surface area contributed by atoms with Gasteiger partial charge in [-0.2, -0.15) is 0 Å². The molecule has 2 N–H and O–H groups in total. The average molecular weight is 377 g/mol. The van der Waals surface area contributed by atoms with Crippen LogP contribution in [-0.2, 0) is 0 Å². The Balaban J connectivity index is 1.61. The minimum Gasteiger partial charge on any atom is -0.393 e. The first-order chi connectivity index (χ1) is 12.7. The molecule has 2 unspecified atom stereocenters. The molecule has 2 nitrogen and oxygen atoms in total. The molecule has 4 rings (SSSR count). The number of rotatable bonds is 2. The van der Waals surface area contributed by atoms with Crippen molar-refractivity contribution in [2.75, 3.05) is 0 Å². The lowest BCUT2D eigenvalue weighted by Gasteiger charge is -2.63. The average Bonchev–Trinajstić information content (AvgIpc) is 2.76. The Kier molecular flexibility index (Phi) is 5.25. The van der Waals surface area contributed by atoms with E-state index < -0.39 is 5.60 Å². The molecule has 0 aromatic rings. The summed E-state index contributed by atoms with van der Waals surface area (Å²) in [6.45, 7) is 9.35. The van der Waals surface area contributed by atoms with Crippen LogP contribution in [0.3, 0.4) is 0 Å². The summed E-state index contributed by atoms with van der Waals surface area (Å²) >= 11 is 0. The predicted octanol–water partition coefficient (Wildman–Crippen LogP) is 5.95. The molecule has 0 aromatic carbocycles. The fraction of sp³-hybridized carbons (Fsp3) is 1.00. The second-order valence-electron chi connectivity index (χ2n) is 11.6. The molecule has 0 aromatic heterocycles. The third kappa shape index (κ3) is 3.12. The summed E-state index contributed by atoms with van der Waals surface area (Å²) < 4.78 is 0. The maximum atomic E-state index is 11.1. The Morgan fingerprint density at radius 1 is 0.889 bits per heavy atom. The molecule has 0 amide bonds. The van der Waals surface area contributed by atoms with E-state index in [1.165, 1.54) is 57.8 Å². The Morgan fingerprint density at radius 2 is 1.63 bits per heavy atom. The summed E-state index contributed by atoms with van der Waals surface area (Å²) in [5, 5.41) is 21.6. The summed E-state index contributed by atoms with van der Waals surface area (Å²) in [6, 6.07) is 0. The highest BCUT2D eigenvalue weighted by Crippen LogP contribution is 2.66. The zero-order valence-electron chi connectivity index (χ0n) is 18.3. The fourth-order valence-corrected chi connectivity index (χ4v) is 8.97. The first-order valence-corrected chi connectivity index (χ1v) is 12.1. The SMILES string of the molecule is CC[C@@]1(O)CCC[C@@]2(C)[C@@H](CC[C@@H]3[C@@H]2CC[C@]2(C)C(C(C)O)CCC[C@@H]32)C1. The van der Waals surface area contributed by atoms with Crippen molar-refractivity contribution in [3.8, 4) is 0 Å². The summed E-state index contributed by atoms with van der Waals surface area (Å²) in [5.74, 6) is 3.74. The molecule has 156 valence electrons. The largest absolute Gasteiger partial charge is 0.393 e. The molecule has 27 heavy (non-hydrogen) atoms. The van der Waals surface area contributed by atoms with Crippen LogP contribution in [0.5, 0.6) is 0 Å². The summed E-state index contributed by atoms with van der Waals surface area (Å²) in [6.07, 6.45) is 14.7. The van der Waals surface area contributed by atoms with E-state index in [1.807, 2.05) is 6.92 Å². The van der Waals surface area contributed by atoms with Crippen LogP contribution in [0.25, 0.3) is 0 Å². The first kappa shape index (κ1) is 20.2. The van der Waals surface area contributed by atoms with Crippen molar-refractivity contribution in [3.63, 3.8) is 0 Å². The van der Waals surface area contributed by atoms with Gasteiger partial charge < -0.3 is 10.2 Å². The molecular formula is C25H44O2. The van der Waals surface area contributed by atoms with Crippen LogP contribution in [0.4, 0.5) is 0 Å². The predicted molar refractivity (Wildman–Crippen MR) is 111 cm³/mol. The van der Waals surface area contributed by atoms with Gasteiger partial charge in [0.05, 0.1) is 11.7 Å². The molecule has 4 aliphatic carbocycles. The van der Waals surface area contributed by atoms with Gasteiger partial charge in [0, 0.05) is 0 Å². The van der Waals surface area contributed by atoms with E-state index in [9.17, 15) is 10.2 Å². The fourth-order valence-electron chi connectivity index (χ4n) is 8.97. The molecule has 0 radical (unpaired) electrons. The lowest BCUT2D eigenvalue weighted by molar-refractivity contribution is -0.152. The van der Waals surface area contributed by atoms with Crippen LogP contribution >= 0.6 is 0 Å². The lowest BCUT2D eigenvalue weighted by atomic mass is 9.42. The zero-order valence-corrected chi connectivity index (χ0v) is 18.3. The van der Waals surface area contributed by atoms with E-state index in [0.29, 0.717) is 22.7 Å². The summed E-state index contributed by atoms with van der Waals surface area (Å²) in [4.78, 5) is 0. The molecule has 4 fully saturated rings. The minimum atomic E-state index is -0.402. The van der Waals surface area contributed by atoms with Crippen molar-refractivity contribution < 1.29 is 10.2 Å². The maximum absolute atomic E-state index is 11.1. The second-order valence-corrected chi connectivity index (χ2v) is 11.6. The highest BCUT2D eigenvalue weighted by Gasteiger charge is 2.59. The van der Waals surface area contributed by atoms with Gasteiger partial charge in [0.1, 0.15) is 0 Å². The van der Waals surface area contributed by atoms with Crippen molar-refractivity contribution in [2.24, 2.45) is 40.4 Å². The number of aliphatic hydroxyl groups is 2. The zero-order chi connectivity index (χ0) is 19.4. The first-order valence-electron chi connectivity index (χ1n) is 12.1. The smallest absolute Gasteiger partial charge is 0.0648 e. The standard InChI is InChI=1S/C25H44O2/c1-5-25(27)14-7-13-23(3)18(16-25)10-11-19-21-9-6-8-20(17(2)26)24(21,4)15-12-22(19)23/h17-22,26-27H,5-16H2,1-4H3/t17?,18-,19-,20?,21-,22-,23-,24+,25+/m0/s1. The van der Waals surface area contributed by atoms with E-state index >= 15 is 0 Å². The Bertz CT molecular complexity index is 544. The number of hydrogen-bond acceptors (Lipinski definition) is 2.